The monoisotopic (exact) mass is 451 g/mol. The standard InChI is InChI=1S/C19H13F8N3O/c1-8-5-11(17(21,18(22,23)24)19(25,26)27)6-9(2)15(8)30-16(31)12-4-3-10(7-28)14(29)13(12)20/h3-6H,29H2,1-2H3,(H,30,31). The lowest BCUT2D eigenvalue weighted by Gasteiger charge is -2.31. The lowest BCUT2D eigenvalue weighted by atomic mass is 9.90. The lowest BCUT2D eigenvalue weighted by molar-refractivity contribution is -0.348. The Hall–Kier alpha value is -3.36. The SMILES string of the molecule is Cc1cc(C(F)(C(F)(F)F)C(F)(F)F)cc(C)c1NC(=O)c1ccc(C#N)c(N)c1F. The molecule has 1 amide bonds. The Morgan fingerprint density at radius 1 is 1.00 bits per heavy atom. The van der Waals surface area contributed by atoms with E-state index in [-0.39, 0.29) is 22.4 Å². The van der Waals surface area contributed by atoms with Gasteiger partial charge in [0.25, 0.3) is 5.91 Å². The van der Waals surface area contributed by atoms with Crippen LogP contribution in [0.1, 0.15) is 32.6 Å². The predicted molar refractivity (Wildman–Crippen MR) is 94.3 cm³/mol. The van der Waals surface area contributed by atoms with Crippen molar-refractivity contribution in [3.63, 3.8) is 0 Å². The highest BCUT2D eigenvalue weighted by Crippen LogP contribution is 2.53. The molecule has 166 valence electrons. The Labute approximate surface area is 170 Å². The van der Waals surface area contributed by atoms with Gasteiger partial charge in [0.05, 0.1) is 16.8 Å². The molecule has 0 aliphatic rings. The van der Waals surface area contributed by atoms with E-state index in [1.165, 1.54) is 0 Å². The summed E-state index contributed by atoms with van der Waals surface area (Å²) >= 11 is 0. The Morgan fingerprint density at radius 3 is 1.90 bits per heavy atom. The molecule has 0 atom stereocenters. The number of amides is 1. The molecule has 0 aromatic heterocycles. The fourth-order valence-electron chi connectivity index (χ4n) is 2.89. The second kappa shape index (κ2) is 7.72. The quantitative estimate of drug-likeness (QED) is 0.482. The smallest absolute Gasteiger partial charge is 0.395 e. The number of alkyl halides is 7. The normalized spacial score (nSPS) is 12.4. The number of anilines is 2. The molecule has 0 bridgehead atoms. The van der Waals surface area contributed by atoms with Crippen molar-refractivity contribution in [3.05, 3.63) is 57.9 Å². The predicted octanol–water partition coefficient (Wildman–Crippen LogP) is 5.44. The Kier molecular flexibility index (Phi) is 5.95. The van der Waals surface area contributed by atoms with Crippen LogP contribution in [-0.4, -0.2) is 18.3 Å². The number of carbonyl (C=O) groups is 1. The summed E-state index contributed by atoms with van der Waals surface area (Å²) < 4.78 is 106. The molecule has 12 heteroatoms. The third-order valence-corrected chi connectivity index (χ3v) is 4.50. The van der Waals surface area contributed by atoms with Crippen LogP contribution in [0.3, 0.4) is 0 Å². The highest BCUT2D eigenvalue weighted by molar-refractivity contribution is 6.06. The van der Waals surface area contributed by atoms with Gasteiger partial charge in [0.2, 0.25) is 0 Å². The van der Waals surface area contributed by atoms with Crippen LogP contribution in [0.2, 0.25) is 0 Å². The molecule has 0 radical (unpaired) electrons. The number of nitrogens with one attached hydrogen (secondary N) is 1. The van der Waals surface area contributed by atoms with Crippen molar-refractivity contribution >= 4 is 17.3 Å². The van der Waals surface area contributed by atoms with E-state index in [2.05, 4.69) is 5.32 Å². The minimum absolute atomic E-state index is 0.246. The van der Waals surface area contributed by atoms with Gasteiger partial charge in [-0.1, -0.05) is 12.1 Å². The van der Waals surface area contributed by atoms with E-state index >= 15 is 0 Å². The molecular weight excluding hydrogens is 438 g/mol. The third-order valence-electron chi connectivity index (χ3n) is 4.50. The fourth-order valence-corrected chi connectivity index (χ4v) is 2.89. The number of hydrogen-bond donors (Lipinski definition) is 2. The molecule has 2 aromatic rings. The van der Waals surface area contributed by atoms with Crippen LogP contribution in [-0.2, 0) is 5.67 Å². The molecule has 0 spiro atoms. The Balaban J connectivity index is 2.52. The number of halogens is 8. The van der Waals surface area contributed by atoms with Crippen LogP contribution in [0.25, 0.3) is 0 Å². The summed E-state index contributed by atoms with van der Waals surface area (Å²) in [6.45, 7) is 2.09. The summed E-state index contributed by atoms with van der Waals surface area (Å²) in [5, 5.41) is 11.0. The molecule has 0 unspecified atom stereocenters. The van der Waals surface area contributed by atoms with Crippen LogP contribution in [0.15, 0.2) is 24.3 Å². The number of aryl methyl sites for hydroxylation is 2. The first-order valence-electron chi connectivity index (χ1n) is 8.29. The maximum atomic E-state index is 14.3. The van der Waals surface area contributed by atoms with Crippen molar-refractivity contribution in [2.75, 3.05) is 11.1 Å². The first kappa shape index (κ1) is 23.9. The number of nitriles is 1. The van der Waals surface area contributed by atoms with E-state index < -0.39 is 46.6 Å². The number of carbonyl (C=O) groups excluding carboxylic acids is 1. The van der Waals surface area contributed by atoms with Gasteiger partial charge in [-0.15, -0.1) is 0 Å². The number of benzene rings is 2. The first-order valence-corrected chi connectivity index (χ1v) is 8.29. The fraction of sp³-hybridized carbons (Fsp3) is 0.263. The molecule has 0 aliphatic heterocycles. The molecule has 2 aromatic carbocycles. The largest absolute Gasteiger partial charge is 0.435 e. The summed E-state index contributed by atoms with van der Waals surface area (Å²) in [5.41, 5.74) is -4.34. The van der Waals surface area contributed by atoms with E-state index in [4.69, 9.17) is 11.0 Å². The van der Waals surface area contributed by atoms with Gasteiger partial charge in [-0.2, -0.15) is 31.6 Å². The molecule has 3 N–H and O–H groups in total. The summed E-state index contributed by atoms with van der Waals surface area (Å²) in [5.74, 6) is -2.37. The number of rotatable bonds is 3. The molecule has 0 fully saturated rings. The average molecular weight is 451 g/mol. The maximum absolute atomic E-state index is 14.3. The summed E-state index contributed by atoms with van der Waals surface area (Å²) in [4.78, 5) is 12.4. The molecule has 0 aliphatic carbocycles. The Bertz CT molecular complexity index is 1050. The summed E-state index contributed by atoms with van der Waals surface area (Å²) in [6, 6.07) is 4.18. The second-order valence-electron chi connectivity index (χ2n) is 6.59. The van der Waals surface area contributed by atoms with E-state index in [1.54, 1.807) is 6.07 Å². The zero-order chi connectivity index (χ0) is 23.9. The molecular formula is C19H13F8N3O. The molecule has 4 nitrogen and oxygen atoms in total. The number of nitrogens with two attached hydrogens (primary N) is 1. The van der Waals surface area contributed by atoms with Crippen molar-refractivity contribution in [1.29, 1.82) is 5.26 Å². The average Bonchev–Trinajstić information content (AvgIpc) is 2.63. The second-order valence-corrected chi connectivity index (χ2v) is 6.59. The lowest BCUT2D eigenvalue weighted by Crippen LogP contribution is -2.50. The van der Waals surface area contributed by atoms with Gasteiger partial charge in [0.15, 0.2) is 5.82 Å². The topological polar surface area (TPSA) is 78.9 Å². The van der Waals surface area contributed by atoms with Gasteiger partial charge in [-0.25, -0.2) is 8.78 Å². The van der Waals surface area contributed by atoms with Crippen LogP contribution in [0.4, 0.5) is 46.5 Å². The van der Waals surface area contributed by atoms with Crippen molar-refractivity contribution in [2.45, 2.75) is 31.9 Å². The summed E-state index contributed by atoms with van der Waals surface area (Å²) in [7, 11) is 0. The number of nitrogen functional groups attached to an aromatic ring is 1. The van der Waals surface area contributed by atoms with Crippen molar-refractivity contribution in [2.24, 2.45) is 0 Å². The van der Waals surface area contributed by atoms with Gasteiger partial charge in [0.1, 0.15) is 6.07 Å². The molecule has 0 saturated heterocycles. The van der Waals surface area contributed by atoms with Gasteiger partial charge >= 0.3 is 18.0 Å². The highest BCUT2D eigenvalue weighted by Gasteiger charge is 2.73. The molecule has 2 rings (SSSR count). The van der Waals surface area contributed by atoms with Crippen LogP contribution in [0.5, 0.6) is 0 Å². The van der Waals surface area contributed by atoms with Gasteiger partial charge in [0, 0.05) is 11.3 Å². The van der Waals surface area contributed by atoms with E-state index in [0.29, 0.717) is 12.1 Å². The van der Waals surface area contributed by atoms with Gasteiger partial charge in [-0.3, -0.25) is 4.79 Å². The molecule has 0 saturated carbocycles. The first-order chi connectivity index (χ1) is 14.1. The Morgan fingerprint density at radius 2 is 1.48 bits per heavy atom. The third kappa shape index (κ3) is 3.99. The zero-order valence-corrected chi connectivity index (χ0v) is 15.8. The van der Waals surface area contributed by atoms with Crippen LogP contribution in [0, 0.1) is 31.0 Å². The van der Waals surface area contributed by atoms with E-state index in [0.717, 1.165) is 26.0 Å². The van der Waals surface area contributed by atoms with Crippen LogP contribution >= 0.6 is 0 Å². The number of hydrogen-bond acceptors (Lipinski definition) is 3. The number of nitrogens with zero attached hydrogens (tertiary/aromatic N) is 1. The minimum atomic E-state index is -6.29. The van der Waals surface area contributed by atoms with Crippen molar-refractivity contribution in [3.8, 4) is 6.07 Å². The maximum Gasteiger partial charge on any atom is 0.435 e. The van der Waals surface area contributed by atoms with E-state index in [1.807, 2.05) is 0 Å². The molecule has 31 heavy (non-hydrogen) atoms. The van der Waals surface area contributed by atoms with Crippen molar-refractivity contribution in [1.82, 2.24) is 0 Å². The zero-order valence-electron chi connectivity index (χ0n) is 15.8. The highest BCUT2D eigenvalue weighted by atomic mass is 19.4. The van der Waals surface area contributed by atoms with Gasteiger partial charge < -0.3 is 11.1 Å². The van der Waals surface area contributed by atoms with Crippen molar-refractivity contribution < 1.29 is 39.9 Å². The summed E-state index contributed by atoms with van der Waals surface area (Å²) in [6.07, 6.45) is -12.6. The minimum Gasteiger partial charge on any atom is -0.395 e. The van der Waals surface area contributed by atoms with Crippen LogP contribution < -0.4 is 11.1 Å². The molecule has 0 heterocycles. The van der Waals surface area contributed by atoms with Gasteiger partial charge in [-0.05, 0) is 37.1 Å². The van der Waals surface area contributed by atoms with E-state index in [9.17, 15) is 39.9 Å².